The first kappa shape index (κ1) is 11.5. The second-order valence-corrected chi connectivity index (χ2v) is 3.90. The van der Waals surface area contributed by atoms with Crippen LogP contribution >= 0.6 is 0 Å². The van der Waals surface area contributed by atoms with Crippen LogP contribution in [0.3, 0.4) is 0 Å². The molecule has 0 amide bonds. The van der Waals surface area contributed by atoms with Gasteiger partial charge in [0.1, 0.15) is 6.33 Å². The second-order valence-electron chi connectivity index (χ2n) is 3.90. The molecule has 17 heavy (non-hydrogen) atoms. The Morgan fingerprint density at radius 1 is 1.18 bits per heavy atom. The molecule has 0 spiro atoms. The van der Waals surface area contributed by atoms with Crippen LogP contribution < -0.4 is 5.32 Å². The van der Waals surface area contributed by atoms with Gasteiger partial charge in [0.05, 0.1) is 5.69 Å². The topological polar surface area (TPSA) is 37.8 Å². The van der Waals surface area contributed by atoms with E-state index in [1.54, 1.807) is 6.92 Å². The molecular formula is C13H14FN3. The Morgan fingerprint density at radius 2 is 1.94 bits per heavy atom. The van der Waals surface area contributed by atoms with Crippen LogP contribution in [0.15, 0.2) is 30.6 Å². The van der Waals surface area contributed by atoms with Gasteiger partial charge in [-0.2, -0.15) is 0 Å². The molecule has 0 radical (unpaired) electrons. The summed E-state index contributed by atoms with van der Waals surface area (Å²) in [6.07, 6.45) is 1.36. The van der Waals surface area contributed by atoms with Crippen molar-refractivity contribution in [2.75, 3.05) is 5.32 Å². The van der Waals surface area contributed by atoms with E-state index in [1.807, 2.05) is 31.2 Å². The number of anilines is 1. The van der Waals surface area contributed by atoms with Crippen molar-refractivity contribution < 1.29 is 4.39 Å². The minimum atomic E-state index is -0.388. The van der Waals surface area contributed by atoms with Gasteiger partial charge in [-0.25, -0.2) is 14.4 Å². The van der Waals surface area contributed by atoms with Gasteiger partial charge in [0.25, 0.3) is 0 Å². The van der Waals surface area contributed by atoms with Crippen LogP contribution in [0.5, 0.6) is 0 Å². The molecule has 1 aromatic carbocycles. The van der Waals surface area contributed by atoms with Crippen LogP contribution in [-0.2, 0) is 6.54 Å². The molecule has 1 N–H and O–H groups in total. The van der Waals surface area contributed by atoms with Crippen LogP contribution in [0.1, 0.15) is 16.8 Å². The maximum atomic E-state index is 13.6. The molecule has 0 atom stereocenters. The van der Waals surface area contributed by atoms with Gasteiger partial charge in [0.2, 0.25) is 0 Å². The standard InChI is InChI=1S/C13H14FN3/c1-9-5-3-4-6-11(9)7-15-13-12(14)10(2)16-8-17-13/h3-6,8H,7H2,1-2H3,(H,15,16,17). The lowest BCUT2D eigenvalue weighted by Gasteiger charge is -2.09. The van der Waals surface area contributed by atoms with Gasteiger partial charge in [-0.05, 0) is 25.0 Å². The number of aryl methyl sites for hydroxylation is 2. The Labute approximate surface area is 99.7 Å². The zero-order valence-electron chi connectivity index (χ0n) is 9.87. The molecule has 2 aromatic rings. The number of aromatic nitrogens is 2. The normalized spacial score (nSPS) is 10.3. The average Bonchev–Trinajstić information content (AvgIpc) is 2.33. The van der Waals surface area contributed by atoms with E-state index in [9.17, 15) is 4.39 Å². The highest BCUT2D eigenvalue weighted by atomic mass is 19.1. The van der Waals surface area contributed by atoms with E-state index in [1.165, 1.54) is 11.9 Å². The Balaban J connectivity index is 2.13. The predicted octanol–water partition coefficient (Wildman–Crippen LogP) is 2.84. The summed E-state index contributed by atoms with van der Waals surface area (Å²) < 4.78 is 13.6. The third-order valence-corrected chi connectivity index (χ3v) is 2.67. The molecule has 88 valence electrons. The van der Waals surface area contributed by atoms with Gasteiger partial charge in [-0.15, -0.1) is 0 Å². The molecule has 0 bridgehead atoms. The smallest absolute Gasteiger partial charge is 0.186 e. The maximum Gasteiger partial charge on any atom is 0.186 e. The third kappa shape index (κ3) is 2.58. The van der Waals surface area contributed by atoms with E-state index in [2.05, 4.69) is 15.3 Å². The first-order valence-corrected chi connectivity index (χ1v) is 5.44. The van der Waals surface area contributed by atoms with E-state index in [-0.39, 0.29) is 11.6 Å². The van der Waals surface area contributed by atoms with Gasteiger partial charge in [0, 0.05) is 6.54 Å². The van der Waals surface area contributed by atoms with Crippen molar-refractivity contribution in [3.63, 3.8) is 0 Å². The fourth-order valence-electron chi connectivity index (χ4n) is 1.57. The molecule has 0 unspecified atom stereocenters. The maximum absolute atomic E-state index is 13.6. The van der Waals surface area contributed by atoms with Crippen molar-refractivity contribution in [3.8, 4) is 0 Å². The van der Waals surface area contributed by atoms with E-state index in [4.69, 9.17) is 0 Å². The summed E-state index contributed by atoms with van der Waals surface area (Å²) in [5, 5.41) is 2.98. The molecule has 3 nitrogen and oxygen atoms in total. The van der Waals surface area contributed by atoms with Crippen molar-refractivity contribution in [3.05, 3.63) is 53.2 Å². The molecule has 1 heterocycles. The number of hydrogen-bond donors (Lipinski definition) is 1. The van der Waals surface area contributed by atoms with Gasteiger partial charge in [-0.1, -0.05) is 24.3 Å². The highest BCUT2D eigenvalue weighted by Crippen LogP contribution is 2.14. The van der Waals surface area contributed by atoms with Crippen LogP contribution in [0.4, 0.5) is 10.2 Å². The van der Waals surface area contributed by atoms with E-state index >= 15 is 0 Å². The summed E-state index contributed by atoms with van der Waals surface area (Å²) in [5.41, 5.74) is 2.65. The number of nitrogens with one attached hydrogen (secondary N) is 1. The van der Waals surface area contributed by atoms with Crippen molar-refractivity contribution in [2.45, 2.75) is 20.4 Å². The SMILES string of the molecule is Cc1ccccc1CNc1ncnc(C)c1F. The molecule has 0 aliphatic carbocycles. The lowest BCUT2D eigenvalue weighted by atomic mass is 10.1. The molecule has 1 aromatic heterocycles. The first-order chi connectivity index (χ1) is 8.18. The first-order valence-electron chi connectivity index (χ1n) is 5.44. The number of halogens is 1. The Hall–Kier alpha value is -1.97. The van der Waals surface area contributed by atoms with Crippen LogP contribution in [0.25, 0.3) is 0 Å². The van der Waals surface area contributed by atoms with Crippen molar-refractivity contribution in [1.29, 1.82) is 0 Å². The second kappa shape index (κ2) is 4.91. The molecule has 2 rings (SSSR count). The Kier molecular flexibility index (Phi) is 3.32. The van der Waals surface area contributed by atoms with E-state index in [0.29, 0.717) is 12.2 Å². The number of benzene rings is 1. The van der Waals surface area contributed by atoms with Crippen molar-refractivity contribution in [1.82, 2.24) is 9.97 Å². The quantitative estimate of drug-likeness (QED) is 0.882. The van der Waals surface area contributed by atoms with Gasteiger partial charge >= 0.3 is 0 Å². The summed E-state index contributed by atoms with van der Waals surface area (Å²) in [5.74, 6) is -0.137. The Bertz CT molecular complexity index is 526. The van der Waals surface area contributed by atoms with E-state index < -0.39 is 0 Å². The summed E-state index contributed by atoms with van der Waals surface area (Å²) >= 11 is 0. The van der Waals surface area contributed by atoms with Crippen LogP contribution in [-0.4, -0.2) is 9.97 Å². The van der Waals surface area contributed by atoms with Crippen molar-refractivity contribution >= 4 is 5.82 Å². The summed E-state index contributed by atoms with van der Waals surface area (Å²) in [6, 6.07) is 7.98. The van der Waals surface area contributed by atoms with Gasteiger partial charge in [-0.3, -0.25) is 0 Å². The molecule has 0 saturated heterocycles. The summed E-state index contributed by atoms with van der Waals surface area (Å²) in [6.45, 7) is 4.20. The fraction of sp³-hybridized carbons (Fsp3) is 0.231. The zero-order valence-corrected chi connectivity index (χ0v) is 9.87. The minimum Gasteiger partial charge on any atom is -0.363 e. The molecule has 0 saturated carbocycles. The minimum absolute atomic E-state index is 0.251. The third-order valence-electron chi connectivity index (χ3n) is 2.67. The van der Waals surface area contributed by atoms with Gasteiger partial charge in [0.15, 0.2) is 11.6 Å². The molecule has 4 heteroatoms. The van der Waals surface area contributed by atoms with Crippen LogP contribution in [0.2, 0.25) is 0 Å². The predicted molar refractivity (Wildman–Crippen MR) is 65.2 cm³/mol. The zero-order chi connectivity index (χ0) is 12.3. The molecule has 0 aliphatic heterocycles. The largest absolute Gasteiger partial charge is 0.363 e. The fourth-order valence-corrected chi connectivity index (χ4v) is 1.57. The number of rotatable bonds is 3. The lowest BCUT2D eigenvalue weighted by molar-refractivity contribution is 0.604. The summed E-state index contributed by atoms with van der Waals surface area (Å²) in [7, 11) is 0. The molecular weight excluding hydrogens is 217 g/mol. The monoisotopic (exact) mass is 231 g/mol. The molecule has 0 aliphatic rings. The van der Waals surface area contributed by atoms with Gasteiger partial charge < -0.3 is 5.32 Å². The van der Waals surface area contributed by atoms with Crippen LogP contribution in [0, 0.1) is 19.7 Å². The summed E-state index contributed by atoms with van der Waals surface area (Å²) in [4.78, 5) is 7.67. The number of nitrogens with zero attached hydrogens (tertiary/aromatic N) is 2. The highest BCUT2D eigenvalue weighted by molar-refractivity contribution is 5.39. The van der Waals surface area contributed by atoms with E-state index in [0.717, 1.165) is 5.56 Å². The number of hydrogen-bond acceptors (Lipinski definition) is 3. The highest BCUT2D eigenvalue weighted by Gasteiger charge is 2.07. The Morgan fingerprint density at radius 3 is 2.71 bits per heavy atom. The lowest BCUT2D eigenvalue weighted by Crippen LogP contribution is -2.06. The molecule has 0 fully saturated rings. The average molecular weight is 231 g/mol. The van der Waals surface area contributed by atoms with Crippen molar-refractivity contribution in [2.24, 2.45) is 0 Å².